The summed E-state index contributed by atoms with van der Waals surface area (Å²) < 4.78 is 53.0. The van der Waals surface area contributed by atoms with E-state index in [0.29, 0.717) is 29.0 Å². The molecule has 3 aromatic rings. The number of imidazole rings is 1. The number of benzene rings is 1. The van der Waals surface area contributed by atoms with Crippen molar-refractivity contribution in [2.24, 2.45) is 7.05 Å². The summed E-state index contributed by atoms with van der Waals surface area (Å²) in [4.78, 5) is 21.5. The minimum Gasteiger partial charge on any atom is -0.491 e. The van der Waals surface area contributed by atoms with E-state index in [1.165, 1.54) is 11.0 Å². The lowest BCUT2D eigenvalue weighted by atomic mass is 10.1. The SMILES string of the molecule is Cc1nc(-c2ccc(OCCN3CCOC3=O)c(C(F)(F)F)c2)cc2c1ncn2C. The maximum Gasteiger partial charge on any atom is 0.419 e. The van der Waals surface area contributed by atoms with E-state index in [9.17, 15) is 18.0 Å². The highest BCUT2D eigenvalue weighted by atomic mass is 19.4. The zero-order valence-corrected chi connectivity index (χ0v) is 16.4. The van der Waals surface area contributed by atoms with Gasteiger partial charge >= 0.3 is 12.3 Å². The predicted octanol–water partition coefficient (Wildman–Crippen LogP) is 3.79. The first-order chi connectivity index (χ1) is 14.2. The molecule has 0 radical (unpaired) electrons. The number of carbonyl (C=O) groups is 1. The first-order valence-corrected chi connectivity index (χ1v) is 9.29. The molecule has 0 bridgehead atoms. The summed E-state index contributed by atoms with van der Waals surface area (Å²) in [5, 5.41) is 0. The third-order valence-corrected chi connectivity index (χ3v) is 4.93. The Bertz CT molecular complexity index is 1110. The molecule has 0 atom stereocenters. The Morgan fingerprint density at radius 2 is 2.07 bits per heavy atom. The van der Waals surface area contributed by atoms with Crippen LogP contribution in [0.3, 0.4) is 0 Å². The second-order valence-corrected chi connectivity index (χ2v) is 6.97. The van der Waals surface area contributed by atoms with E-state index in [-0.39, 0.29) is 25.5 Å². The molecular formula is C20H19F3N4O3. The molecule has 30 heavy (non-hydrogen) atoms. The van der Waals surface area contributed by atoms with E-state index in [1.807, 2.05) is 7.05 Å². The van der Waals surface area contributed by atoms with Gasteiger partial charge in [0.25, 0.3) is 0 Å². The number of halogens is 3. The highest BCUT2D eigenvalue weighted by molar-refractivity contribution is 5.82. The molecule has 10 heteroatoms. The van der Waals surface area contributed by atoms with Crippen LogP contribution >= 0.6 is 0 Å². The van der Waals surface area contributed by atoms with Crippen LogP contribution in [0.2, 0.25) is 0 Å². The van der Waals surface area contributed by atoms with Gasteiger partial charge in [-0.1, -0.05) is 0 Å². The number of cyclic esters (lactones) is 1. The number of hydrogen-bond donors (Lipinski definition) is 0. The van der Waals surface area contributed by atoms with Gasteiger partial charge in [0.1, 0.15) is 24.5 Å². The van der Waals surface area contributed by atoms with Crippen LogP contribution in [0.4, 0.5) is 18.0 Å². The van der Waals surface area contributed by atoms with Crippen molar-refractivity contribution in [3.8, 4) is 17.0 Å². The summed E-state index contributed by atoms with van der Waals surface area (Å²) in [7, 11) is 1.81. The number of rotatable bonds is 5. The van der Waals surface area contributed by atoms with Crippen molar-refractivity contribution in [1.82, 2.24) is 19.4 Å². The molecule has 0 unspecified atom stereocenters. The van der Waals surface area contributed by atoms with Gasteiger partial charge in [-0.2, -0.15) is 13.2 Å². The zero-order chi connectivity index (χ0) is 21.5. The van der Waals surface area contributed by atoms with Crippen molar-refractivity contribution in [3.63, 3.8) is 0 Å². The number of nitrogens with zero attached hydrogens (tertiary/aromatic N) is 4. The summed E-state index contributed by atoms with van der Waals surface area (Å²) in [5.74, 6) is -0.294. The fourth-order valence-electron chi connectivity index (χ4n) is 3.36. The summed E-state index contributed by atoms with van der Waals surface area (Å²) in [6.07, 6.45) is -3.46. The fourth-order valence-corrected chi connectivity index (χ4v) is 3.36. The summed E-state index contributed by atoms with van der Waals surface area (Å²) >= 11 is 0. The first kappa shape index (κ1) is 20.0. The number of hydrogen-bond acceptors (Lipinski definition) is 5. The molecule has 1 amide bonds. The molecule has 7 nitrogen and oxygen atoms in total. The smallest absolute Gasteiger partial charge is 0.419 e. The van der Waals surface area contributed by atoms with Crippen molar-refractivity contribution >= 4 is 17.1 Å². The number of carbonyl (C=O) groups excluding carboxylic acids is 1. The van der Waals surface area contributed by atoms with E-state index in [1.54, 1.807) is 30.0 Å². The second-order valence-electron chi connectivity index (χ2n) is 6.97. The second kappa shape index (κ2) is 7.51. The fraction of sp³-hybridized carbons (Fsp3) is 0.350. The lowest BCUT2D eigenvalue weighted by molar-refractivity contribution is -0.138. The minimum atomic E-state index is -4.61. The standard InChI is InChI=1S/C20H19F3N4O3/c1-12-18-16(26(2)11-24-18)10-15(25-12)13-3-4-17(14(9-13)20(21,22)23)29-7-5-27-6-8-30-19(27)28/h3-4,9-11H,5-8H2,1-2H3. The maximum atomic E-state index is 13.7. The van der Waals surface area contributed by atoms with Crippen LogP contribution < -0.4 is 4.74 Å². The largest absolute Gasteiger partial charge is 0.491 e. The topological polar surface area (TPSA) is 69.5 Å². The Hall–Kier alpha value is -3.30. The average molecular weight is 420 g/mol. The molecule has 3 heterocycles. The molecule has 0 aliphatic carbocycles. The number of amides is 1. The Kier molecular flexibility index (Phi) is 5.00. The van der Waals surface area contributed by atoms with E-state index in [0.717, 1.165) is 11.6 Å². The maximum absolute atomic E-state index is 13.7. The number of fused-ring (bicyclic) bond motifs is 1. The Labute approximate surface area is 170 Å². The Balaban J connectivity index is 1.63. The van der Waals surface area contributed by atoms with Gasteiger partial charge in [-0.25, -0.2) is 9.78 Å². The molecule has 4 rings (SSSR count). The van der Waals surface area contributed by atoms with Crippen LogP contribution in [0.5, 0.6) is 5.75 Å². The van der Waals surface area contributed by atoms with Crippen LogP contribution in [-0.4, -0.2) is 51.8 Å². The number of alkyl halides is 3. The van der Waals surface area contributed by atoms with Gasteiger partial charge in [0.05, 0.1) is 41.9 Å². The molecule has 2 aromatic heterocycles. The molecule has 1 saturated heterocycles. The normalized spacial score (nSPS) is 14.4. The molecule has 0 spiro atoms. The highest BCUT2D eigenvalue weighted by Gasteiger charge is 2.35. The van der Waals surface area contributed by atoms with Crippen molar-refractivity contribution in [1.29, 1.82) is 0 Å². The van der Waals surface area contributed by atoms with Crippen LogP contribution in [0, 0.1) is 6.92 Å². The van der Waals surface area contributed by atoms with Gasteiger partial charge in [-0.15, -0.1) is 0 Å². The summed E-state index contributed by atoms with van der Waals surface area (Å²) in [6, 6.07) is 5.57. The van der Waals surface area contributed by atoms with Crippen molar-refractivity contribution < 1.29 is 27.4 Å². The zero-order valence-electron chi connectivity index (χ0n) is 16.4. The van der Waals surface area contributed by atoms with Crippen molar-refractivity contribution in [3.05, 3.63) is 41.9 Å². The van der Waals surface area contributed by atoms with Gasteiger partial charge in [-0.05, 0) is 31.2 Å². The van der Waals surface area contributed by atoms with E-state index in [4.69, 9.17) is 9.47 Å². The molecular weight excluding hydrogens is 401 g/mol. The summed E-state index contributed by atoms with van der Waals surface area (Å²) in [5.41, 5.74) is 1.97. The van der Waals surface area contributed by atoms with Gasteiger partial charge < -0.3 is 18.9 Å². The third kappa shape index (κ3) is 3.77. The highest BCUT2D eigenvalue weighted by Crippen LogP contribution is 2.39. The Morgan fingerprint density at radius 3 is 2.77 bits per heavy atom. The molecule has 158 valence electrons. The number of aryl methyl sites for hydroxylation is 2. The lowest BCUT2D eigenvalue weighted by Crippen LogP contribution is -2.29. The van der Waals surface area contributed by atoms with Crippen LogP contribution in [0.25, 0.3) is 22.3 Å². The van der Waals surface area contributed by atoms with E-state index in [2.05, 4.69) is 9.97 Å². The van der Waals surface area contributed by atoms with Crippen LogP contribution in [0.15, 0.2) is 30.6 Å². The van der Waals surface area contributed by atoms with Gasteiger partial charge in [0.15, 0.2) is 0 Å². The van der Waals surface area contributed by atoms with Crippen LogP contribution in [0.1, 0.15) is 11.3 Å². The monoisotopic (exact) mass is 420 g/mol. The van der Waals surface area contributed by atoms with Crippen LogP contribution in [-0.2, 0) is 18.0 Å². The van der Waals surface area contributed by atoms with Crippen molar-refractivity contribution in [2.45, 2.75) is 13.1 Å². The lowest BCUT2D eigenvalue weighted by Gasteiger charge is -2.17. The van der Waals surface area contributed by atoms with E-state index < -0.39 is 17.8 Å². The van der Waals surface area contributed by atoms with Gasteiger partial charge in [0.2, 0.25) is 0 Å². The van der Waals surface area contributed by atoms with E-state index >= 15 is 0 Å². The van der Waals surface area contributed by atoms with Gasteiger partial charge in [0, 0.05) is 12.6 Å². The number of aromatic nitrogens is 3. The average Bonchev–Trinajstić information content (AvgIpc) is 3.27. The number of pyridine rings is 1. The molecule has 1 aliphatic rings. The molecule has 0 saturated carbocycles. The summed E-state index contributed by atoms with van der Waals surface area (Å²) in [6.45, 7) is 2.51. The third-order valence-electron chi connectivity index (χ3n) is 4.93. The number of ether oxygens (including phenoxy) is 2. The molecule has 1 aromatic carbocycles. The first-order valence-electron chi connectivity index (χ1n) is 9.29. The molecule has 1 aliphatic heterocycles. The molecule has 1 fully saturated rings. The van der Waals surface area contributed by atoms with Crippen molar-refractivity contribution in [2.75, 3.05) is 26.3 Å². The van der Waals surface area contributed by atoms with Gasteiger partial charge in [-0.3, -0.25) is 4.98 Å². The predicted molar refractivity (Wildman–Crippen MR) is 102 cm³/mol. The minimum absolute atomic E-state index is 0.0735. The molecule has 0 N–H and O–H groups in total. The quantitative estimate of drug-likeness (QED) is 0.628. The Morgan fingerprint density at radius 1 is 1.27 bits per heavy atom.